The van der Waals surface area contributed by atoms with E-state index in [2.05, 4.69) is 21.6 Å². The van der Waals surface area contributed by atoms with E-state index in [1.165, 1.54) is 34.9 Å². The van der Waals surface area contributed by atoms with Crippen LogP contribution in [0, 0.1) is 4.77 Å². The summed E-state index contributed by atoms with van der Waals surface area (Å²) in [4.78, 5) is 27.8. The van der Waals surface area contributed by atoms with Crippen molar-refractivity contribution in [2.75, 3.05) is 5.32 Å². The summed E-state index contributed by atoms with van der Waals surface area (Å²) < 4.78 is 41.9. The maximum atomic E-state index is 12.5. The fourth-order valence-electron chi connectivity index (χ4n) is 2.63. The van der Waals surface area contributed by atoms with E-state index in [9.17, 15) is 22.8 Å². The van der Waals surface area contributed by atoms with E-state index < -0.39 is 18.0 Å². The second-order valence-corrected chi connectivity index (χ2v) is 6.31. The number of anilines is 1. The lowest BCUT2D eigenvalue weighted by atomic mass is 10.1. The zero-order chi connectivity index (χ0) is 21.2. The first-order valence-electron chi connectivity index (χ1n) is 8.23. The number of aromatic nitrogens is 2. The van der Waals surface area contributed by atoms with E-state index in [-0.39, 0.29) is 28.1 Å². The van der Waals surface area contributed by atoms with Gasteiger partial charge in [0.15, 0.2) is 4.77 Å². The fourth-order valence-corrected chi connectivity index (χ4v) is 2.90. The van der Waals surface area contributed by atoms with Crippen LogP contribution in [-0.4, -0.2) is 21.8 Å². The molecule has 0 aliphatic carbocycles. The molecule has 1 amide bonds. The van der Waals surface area contributed by atoms with E-state index in [1.807, 2.05) is 0 Å². The van der Waals surface area contributed by atoms with Gasteiger partial charge in [0.05, 0.1) is 10.9 Å². The van der Waals surface area contributed by atoms with Gasteiger partial charge in [0, 0.05) is 17.8 Å². The summed E-state index contributed by atoms with van der Waals surface area (Å²) in [5, 5.41) is 2.91. The molecule has 10 heteroatoms. The van der Waals surface area contributed by atoms with Gasteiger partial charge in [-0.2, -0.15) is 0 Å². The van der Waals surface area contributed by atoms with Crippen molar-refractivity contribution in [3.63, 3.8) is 0 Å². The van der Waals surface area contributed by atoms with Crippen LogP contribution < -0.4 is 15.6 Å². The number of carbonyl (C=O) groups excluding carboxylic acids is 1. The third-order valence-corrected chi connectivity index (χ3v) is 4.22. The number of carbonyl (C=O) groups is 1. The summed E-state index contributed by atoms with van der Waals surface area (Å²) in [7, 11) is 0. The van der Waals surface area contributed by atoms with Crippen molar-refractivity contribution >= 4 is 34.7 Å². The number of hydrogen-bond acceptors (Lipinski definition) is 4. The van der Waals surface area contributed by atoms with Crippen LogP contribution in [0.2, 0.25) is 0 Å². The molecule has 0 spiro atoms. The van der Waals surface area contributed by atoms with E-state index in [1.54, 1.807) is 6.08 Å². The highest BCUT2D eigenvalue weighted by Gasteiger charge is 2.30. The van der Waals surface area contributed by atoms with Crippen molar-refractivity contribution in [2.45, 2.75) is 12.9 Å². The van der Waals surface area contributed by atoms with E-state index in [0.29, 0.717) is 10.9 Å². The molecule has 6 nitrogen and oxygen atoms in total. The number of amides is 1. The van der Waals surface area contributed by atoms with E-state index in [4.69, 9.17) is 12.2 Å². The molecule has 0 saturated carbocycles. The van der Waals surface area contributed by atoms with Crippen LogP contribution >= 0.6 is 12.2 Å². The third kappa shape index (κ3) is 4.72. The van der Waals surface area contributed by atoms with Crippen molar-refractivity contribution in [2.24, 2.45) is 0 Å². The van der Waals surface area contributed by atoms with Gasteiger partial charge in [0.2, 0.25) is 0 Å². The minimum absolute atomic E-state index is 0.195. The molecular weight excluding hydrogens is 407 g/mol. The Bertz CT molecular complexity index is 1200. The standard InChI is InChI=1S/C19H14F3N3O3S/c1-2-9-25-17(27)14-8-3-11(10-15(14)24-18(25)29)16(26)23-12-4-6-13(7-5-12)28-19(20,21)22/h2-8,10H,1,9H2,(H,23,26)(H,24,29). The molecule has 0 fully saturated rings. The monoisotopic (exact) mass is 421 g/mol. The highest BCUT2D eigenvalue weighted by Crippen LogP contribution is 2.24. The van der Waals surface area contributed by atoms with Crippen LogP contribution in [0.4, 0.5) is 18.9 Å². The van der Waals surface area contributed by atoms with Gasteiger partial charge in [-0.05, 0) is 54.7 Å². The van der Waals surface area contributed by atoms with Crippen molar-refractivity contribution in [3.05, 3.63) is 75.8 Å². The number of ether oxygens (including phenoxy) is 1. The normalized spacial score (nSPS) is 11.3. The average molecular weight is 421 g/mol. The maximum Gasteiger partial charge on any atom is 0.573 e. The summed E-state index contributed by atoms with van der Waals surface area (Å²) >= 11 is 5.16. The number of fused-ring (bicyclic) bond motifs is 1. The van der Waals surface area contributed by atoms with Crippen LogP contribution in [-0.2, 0) is 6.54 Å². The Morgan fingerprint density at radius 3 is 2.55 bits per heavy atom. The minimum Gasteiger partial charge on any atom is -0.406 e. The van der Waals surface area contributed by atoms with Gasteiger partial charge in [-0.3, -0.25) is 14.2 Å². The Morgan fingerprint density at radius 2 is 1.93 bits per heavy atom. The van der Waals surface area contributed by atoms with Gasteiger partial charge in [0.25, 0.3) is 11.5 Å². The number of nitrogens with one attached hydrogen (secondary N) is 2. The molecule has 0 saturated heterocycles. The highest BCUT2D eigenvalue weighted by molar-refractivity contribution is 7.71. The summed E-state index contributed by atoms with van der Waals surface area (Å²) in [5.41, 5.74) is 0.594. The van der Waals surface area contributed by atoms with Crippen LogP contribution in [0.25, 0.3) is 10.9 Å². The first-order valence-corrected chi connectivity index (χ1v) is 8.64. The summed E-state index contributed by atoms with van der Waals surface area (Å²) in [6.45, 7) is 3.83. The Kier molecular flexibility index (Phi) is 5.55. The van der Waals surface area contributed by atoms with Gasteiger partial charge in [-0.15, -0.1) is 19.8 Å². The molecule has 150 valence electrons. The molecule has 0 radical (unpaired) electrons. The molecule has 0 aliphatic rings. The molecule has 0 aliphatic heterocycles. The lowest BCUT2D eigenvalue weighted by Gasteiger charge is -2.10. The number of alkyl halides is 3. The van der Waals surface area contributed by atoms with Crippen molar-refractivity contribution in [1.82, 2.24) is 9.55 Å². The van der Waals surface area contributed by atoms with Gasteiger partial charge in [-0.1, -0.05) is 6.08 Å². The Balaban J connectivity index is 1.84. The smallest absolute Gasteiger partial charge is 0.406 e. The average Bonchev–Trinajstić information content (AvgIpc) is 2.65. The topological polar surface area (TPSA) is 76.1 Å². The second kappa shape index (κ2) is 7.92. The third-order valence-electron chi connectivity index (χ3n) is 3.90. The summed E-state index contributed by atoms with van der Waals surface area (Å²) in [6.07, 6.45) is -3.25. The number of benzene rings is 2. The second-order valence-electron chi connectivity index (χ2n) is 5.92. The molecule has 0 atom stereocenters. The first-order chi connectivity index (χ1) is 13.7. The van der Waals surface area contributed by atoms with Crippen LogP contribution in [0.3, 0.4) is 0 Å². The molecule has 1 aromatic heterocycles. The van der Waals surface area contributed by atoms with E-state index in [0.717, 1.165) is 12.1 Å². The molecule has 0 bridgehead atoms. The van der Waals surface area contributed by atoms with Crippen molar-refractivity contribution < 1.29 is 22.7 Å². The van der Waals surface area contributed by atoms with Crippen molar-refractivity contribution in [1.29, 1.82) is 0 Å². The maximum absolute atomic E-state index is 12.5. The number of hydrogen-bond donors (Lipinski definition) is 2. The molecular formula is C19H14F3N3O3S. The number of halogens is 3. The zero-order valence-electron chi connectivity index (χ0n) is 14.7. The molecule has 29 heavy (non-hydrogen) atoms. The Morgan fingerprint density at radius 1 is 1.24 bits per heavy atom. The zero-order valence-corrected chi connectivity index (χ0v) is 15.6. The van der Waals surface area contributed by atoms with Crippen molar-refractivity contribution in [3.8, 4) is 5.75 Å². The number of aromatic amines is 1. The molecule has 0 unspecified atom stereocenters. The van der Waals surface area contributed by atoms with Gasteiger partial charge in [0.1, 0.15) is 5.75 Å². The first kappa shape index (κ1) is 20.3. The van der Waals surface area contributed by atoms with Gasteiger partial charge >= 0.3 is 6.36 Å². The summed E-state index contributed by atoms with van der Waals surface area (Å²) in [6, 6.07) is 9.17. The van der Waals surface area contributed by atoms with Gasteiger partial charge in [-0.25, -0.2) is 0 Å². The SMILES string of the molecule is C=CCn1c(=S)[nH]c2cc(C(=O)Nc3ccc(OC(F)(F)F)cc3)ccc2c1=O. The largest absolute Gasteiger partial charge is 0.573 e. The number of H-pyrrole nitrogens is 1. The lowest BCUT2D eigenvalue weighted by molar-refractivity contribution is -0.274. The molecule has 2 N–H and O–H groups in total. The van der Waals surface area contributed by atoms with Gasteiger partial charge < -0.3 is 15.0 Å². The minimum atomic E-state index is -4.79. The molecule has 3 rings (SSSR count). The lowest BCUT2D eigenvalue weighted by Crippen LogP contribution is -2.22. The van der Waals surface area contributed by atoms with E-state index >= 15 is 0 Å². The number of rotatable bonds is 5. The number of nitrogens with zero attached hydrogens (tertiary/aromatic N) is 1. The Labute approximate surface area is 167 Å². The molecule has 3 aromatic rings. The van der Waals surface area contributed by atoms with Crippen LogP contribution in [0.15, 0.2) is 59.9 Å². The molecule has 1 heterocycles. The molecule has 2 aromatic carbocycles. The van der Waals surface area contributed by atoms with Crippen LogP contribution in [0.1, 0.15) is 10.4 Å². The summed E-state index contributed by atoms with van der Waals surface area (Å²) in [5.74, 6) is -0.907. The predicted molar refractivity (Wildman–Crippen MR) is 105 cm³/mol. The quantitative estimate of drug-likeness (QED) is 0.473. The predicted octanol–water partition coefficient (Wildman–Crippen LogP) is 4.40. The number of allylic oxidation sites excluding steroid dienone is 1. The fraction of sp³-hybridized carbons (Fsp3) is 0.105. The highest BCUT2D eigenvalue weighted by atomic mass is 32.1. The Hall–Kier alpha value is -3.40. The van der Waals surface area contributed by atoms with Crippen LogP contribution in [0.5, 0.6) is 5.75 Å².